The molecule has 1 unspecified atom stereocenters. The predicted octanol–water partition coefficient (Wildman–Crippen LogP) is 7.07. The molecule has 0 amide bonds. The Morgan fingerprint density at radius 1 is 1.00 bits per heavy atom. The van der Waals surface area contributed by atoms with Crippen LogP contribution in [0.25, 0.3) is 11.1 Å². The summed E-state index contributed by atoms with van der Waals surface area (Å²) in [5.74, 6) is 0. The number of hydrogen-bond donors (Lipinski definition) is 0. The van der Waals surface area contributed by atoms with Crippen LogP contribution < -0.4 is 0 Å². The minimum Gasteiger partial charge on any atom is -0.258 e. The molecule has 0 saturated carbocycles. The van der Waals surface area contributed by atoms with Crippen LogP contribution in [0, 0.1) is 15.0 Å². The highest BCUT2D eigenvalue weighted by atomic mass is 16.6. The van der Waals surface area contributed by atoms with Gasteiger partial charge in [0.25, 0.3) is 5.69 Å². The topological polar surface area (TPSA) is 72.6 Å². The minimum atomic E-state index is -0.404. The molecule has 2 aromatic rings. The molecule has 28 heavy (non-hydrogen) atoms. The first kappa shape index (κ1) is 20.2. The van der Waals surface area contributed by atoms with Gasteiger partial charge in [-0.05, 0) is 53.6 Å². The molecule has 3 rings (SSSR count). The number of benzene rings is 2. The van der Waals surface area contributed by atoms with Gasteiger partial charge in [-0.15, -0.1) is 0 Å². The summed E-state index contributed by atoms with van der Waals surface area (Å²) in [6.45, 7) is 6.15. The second kappa shape index (κ2) is 8.21. The van der Waals surface area contributed by atoms with E-state index in [-0.39, 0.29) is 16.0 Å². The molecule has 0 radical (unpaired) electrons. The molecule has 1 aliphatic carbocycles. The van der Waals surface area contributed by atoms with E-state index in [0.29, 0.717) is 0 Å². The number of unbranched alkanes of at least 4 members (excludes halogenated alkanes) is 2. The molecule has 0 N–H and O–H groups in total. The van der Waals surface area contributed by atoms with E-state index >= 15 is 0 Å². The molecular weight excluding hydrogens is 352 g/mol. The molecule has 2 aromatic carbocycles. The highest BCUT2D eigenvalue weighted by Crippen LogP contribution is 2.55. The van der Waals surface area contributed by atoms with E-state index in [4.69, 9.17) is 0 Å². The van der Waals surface area contributed by atoms with Crippen LogP contribution in [0.1, 0.15) is 82.0 Å². The van der Waals surface area contributed by atoms with Gasteiger partial charge in [0.05, 0.1) is 4.92 Å². The van der Waals surface area contributed by atoms with Crippen molar-refractivity contribution in [1.82, 2.24) is 0 Å². The lowest BCUT2D eigenvalue weighted by atomic mass is 9.70. The van der Waals surface area contributed by atoms with Crippen molar-refractivity contribution in [2.24, 2.45) is 5.18 Å². The summed E-state index contributed by atoms with van der Waals surface area (Å²) in [4.78, 5) is 22.3. The quantitative estimate of drug-likeness (QED) is 0.265. The van der Waals surface area contributed by atoms with Gasteiger partial charge >= 0.3 is 0 Å². The summed E-state index contributed by atoms with van der Waals surface area (Å²) in [6, 6.07) is 11.0. The van der Waals surface area contributed by atoms with Gasteiger partial charge in [-0.25, -0.2) is 0 Å². The maximum atomic E-state index is 11.5. The van der Waals surface area contributed by atoms with Gasteiger partial charge < -0.3 is 0 Å². The van der Waals surface area contributed by atoms with Gasteiger partial charge in [0.1, 0.15) is 6.04 Å². The average Bonchev–Trinajstić information content (AvgIpc) is 2.99. The number of nitrogens with zero attached hydrogens (tertiary/aromatic N) is 2. The predicted molar refractivity (Wildman–Crippen MR) is 113 cm³/mol. The number of nitro groups is 1. The van der Waals surface area contributed by atoms with Crippen LogP contribution in [0.3, 0.4) is 0 Å². The SMILES string of the molecule is CCCCC1(CCCC)c2cc(C(C)N=O)ccc2-c2ccc([N+](=O)[O-])cc21. The zero-order chi connectivity index (χ0) is 20.3. The van der Waals surface area contributed by atoms with Crippen LogP contribution in [-0.2, 0) is 5.41 Å². The van der Waals surface area contributed by atoms with E-state index in [1.165, 1.54) is 5.56 Å². The number of nitroso groups, excluding NO2 is 1. The molecule has 0 saturated heterocycles. The van der Waals surface area contributed by atoms with E-state index in [1.807, 2.05) is 12.1 Å². The van der Waals surface area contributed by atoms with Crippen LogP contribution in [-0.4, -0.2) is 4.92 Å². The molecule has 0 aromatic heterocycles. The smallest absolute Gasteiger partial charge is 0.258 e. The summed E-state index contributed by atoms with van der Waals surface area (Å²) >= 11 is 0. The van der Waals surface area contributed by atoms with E-state index in [0.717, 1.165) is 60.8 Å². The number of rotatable bonds is 9. The normalized spacial score (nSPS) is 15.0. The van der Waals surface area contributed by atoms with Gasteiger partial charge in [0.15, 0.2) is 0 Å². The molecule has 0 heterocycles. The number of fused-ring (bicyclic) bond motifs is 3. The number of non-ortho nitro benzene ring substituents is 1. The summed E-state index contributed by atoms with van der Waals surface area (Å²) in [7, 11) is 0. The summed E-state index contributed by atoms with van der Waals surface area (Å²) < 4.78 is 0. The van der Waals surface area contributed by atoms with Gasteiger partial charge in [-0.3, -0.25) is 10.1 Å². The van der Waals surface area contributed by atoms with Crippen molar-refractivity contribution in [2.45, 2.75) is 70.8 Å². The second-order valence-electron chi connectivity index (χ2n) is 7.86. The third kappa shape index (κ3) is 3.34. The standard InChI is InChI=1S/C23H28N2O3/c1-4-6-12-23(13-7-5-2)21-14-17(16(3)24-26)8-10-19(21)20-11-9-18(25(27)28)15-22(20)23/h8-11,14-16H,4-7,12-13H2,1-3H3. The summed E-state index contributed by atoms with van der Waals surface area (Å²) in [5, 5.41) is 14.7. The molecule has 0 spiro atoms. The first-order valence-corrected chi connectivity index (χ1v) is 10.2. The molecule has 0 fully saturated rings. The molecule has 1 aliphatic rings. The van der Waals surface area contributed by atoms with Crippen LogP contribution in [0.2, 0.25) is 0 Å². The zero-order valence-corrected chi connectivity index (χ0v) is 16.9. The van der Waals surface area contributed by atoms with E-state index < -0.39 is 6.04 Å². The van der Waals surface area contributed by atoms with Crippen molar-refractivity contribution < 1.29 is 4.92 Å². The fourth-order valence-corrected chi connectivity index (χ4v) is 4.56. The maximum absolute atomic E-state index is 11.5. The summed E-state index contributed by atoms with van der Waals surface area (Å²) in [5.41, 5.74) is 5.33. The lowest BCUT2D eigenvalue weighted by Crippen LogP contribution is -2.25. The van der Waals surface area contributed by atoms with Crippen LogP contribution in [0.4, 0.5) is 5.69 Å². The highest BCUT2D eigenvalue weighted by Gasteiger charge is 2.43. The van der Waals surface area contributed by atoms with Crippen molar-refractivity contribution in [1.29, 1.82) is 0 Å². The monoisotopic (exact) mass is 380 g/mol. The molecule has 0 bridgehead atoms. The van der Waals surface area contributed by atoms with Gasteiger partial charge in [-0.1, -0.05) is 62.9 Å². The third-order valence-electron chi connectivity index (χ3n) is 6.13. The Labute approximate surface area is 166 Å². The second-order valence-corrected chi connectivity index (χ2v) is 7.86. The van der Waals surface area contributed by atoms with E-state index in [9.17, 15) is 15.0 Å². The largest absolute Gasteiger partial charge is 0.269 e. The maximum Gasteiger partial charge on any atom is 0.269 e. The molecule has 5 nitrogen and oxygen atoms in total. The van der Waals surface area contributed by atoms with Gasteiger partial charge in [0.2, 0.25) is 0 Å². The Balaban J connectivity index is 2.26. The fraction of sp³-hybridized carbons (Fsp3) is 0.478. The zero-order valence-electron chi connectivity index (χ0n) is 16.9. The van der Waals surface area contributed by atoms with Gasteiger partial charge in [0, 0.05) is 17.5 Å². The Morgan fingerprint density at radius 2 is 1.57 bits per heavy atom. The number of nitro benzene ring substituents is 1. The molecule has 148 valence electrons. The average molecular weight is 380 g/mol. The first-order valence-electron chi connectivity index (χ1n) is 10.2. The molecule has 0 aliphatic heterocycles. The molecular formula is C23H28N2O3. The van der Waals surface area contributed by atoms with Crippen molar-refractivity contribution in [3.05, 3.63) is 68.1 Å². The van der Waals surface area contributed by atoms with E-state index in [1.54, 1.807) is 19.1 Å². The Hall–Kier alpha value is -2.56. The Morgan fingerprint density at radius 3 is 2.11 bits per heavy atom. The van der Waals surface area contributed by atoms with Gasteiger partial charge in [-0.2, -0.15) is 4.91 Å². The first-order chi connectivity index (χ1) is 13.5. The van der Waals surface area contributed by atoms with Crippen LogP contribution >= 0.6 is 0 Å². The lowest BCUT2D eigenvalue weighted by molar-refractivity contribution is -0.384. The highest BCUT2D eigenvalue weighted by molar-refractivity contribution is 5.82. The van der Waals surface area contributed by atoms with Crippen molar-refractivity contribution in [3.63, 3.8) is 0 Å². The van der Waals surface area contributed by atoms with Crippen molar-refractivity contribution in [3.8, 4) is 11.1 Å². The Kier molecular flexibility index (Phi) is 5.92. The summed E-state index contributed by atoms with van der Waals surface area (Å²) in [6.07, 6.45) is 6.15. The van der Waals surface area contributed by atoms with Crippen molar-refractivity contribution >= 4 is 5.69 Å². The fourth-order valence-electron chi connectivity index (χ4n) is 4.56. The Bertz CT molecular complexity index is 883. The lowest BCUT2D eigenvalue weighted by Gasteiger charge is -2.33. The van der Waals surface area contributed by atoms with Crippen LogP contribution in [0.5, 0.6) is 0 Å². The molecule has 5 heteroatoms. The van der Waals surface area contributed by atoms with Crippen LogP contribution in [0.15, 0.2) is 41.6 Å². The minimum absolute atomic E-state index is 0.145. The van der Waals surface area contributed by atoms with Crippen molar-refractivity contribution in [2.75, 3.05) is 0 Å². The third-order valence-corrected chi connectivity index (χ3v) is 6.13. The van der Waals surface area contributed by atoms with E-state index in [2.05, 4.69) is 31.2 Å². The number of hydrogen-bond acceptors (Lipinski definition) is 4. The molecule has 1 atom stereocenters.